The van der Waals surface area contributed by atoms with Gasteiger partial charge in [0, 0.05) is 11.3 Å². The van der Waals surface area contributed by atoms with Crippen LogP contribution >= 0.6 is 0 Å². The molecule has 164 valence electrons. The molecule has 3 aromatic rings. The van der Waals surface area contributed by atoms with Crippen LogP contribution in [0, 0.1) is 13.8 Å². The molecule has 3 aromatic carbocycles. The highest BCUT2D eigenvalue weighted by molar-refractivity contribution is 6.09. The molecular weight excluding hydrogens is 408 g/mol. The van der Waals surface area contributed by atoms with Crippen LogP contribution in [-0.4, -0.2) is 31.5 Å². The molecule has 3 rings (SSSR count). The Morgan fingerprint density at radius 1 is 0.812 bits per heavy atom. The molecule has 0 aliphatic carbocycles. The summed E-state index contributed by atoms with van der Waals surface area (Å²) >= 11 is 0. The average molecular weight is 432 g/mol. The Morgan fingerprint density at radius 3 is 2.25 bits per heavy atom. The maximum atomic E-state index is 12.9. The van der Waals surface area contributed by atoms with Crippen molar-refractivity contribution in [3.05, 3.63) is 89.0 Å². The normalized spacial score (nSPS) is 10.2. The molecule has 32 heavy (non-hydrogen) atoms. The topological polar surface area (TPSA) is 93.7 Å². The zero-order chi connectivity index (χ0) is 23.1. The van der Waals surface area contributed by atoms with Crippen molar-refractivity contribution in [3.8, 4) is 5.75 Å². The fraction of sp³-hybridized carbons (Fsp3) is 0.160. The number of amides is 2. The zero-order valence-electron chi connectivity index (χ0n) is 18.1. The number of esters is 1. The molecule has 0 spiro atoms. The minimum atomic E-state index is -0.549. The molecule has 0 unspecified atom stereocenters. The van der Waals surface area contributed by atoms with Gasteiger partial charge in [-0.2, -0.15) is 0 Å². The van der Waals surface area contributed by atoms with Gasteiger partial charge in [-0.05, 0) is 61.4 Å². The number of ether oxygens (including phenoxy) is 2. The fourth-order valence-corrected chi connectivity index (χ4v) is 3.13. The van der Waals surface area contributed by atoms with Gasteiger partial charge in [0.2, 0.25) is 0 Å². The summed E-state index contributed by atoms with van der Waals surface area (Å²) in [6, 6.07) is 19.0. The van der Waals surface area contributed by atoms with Gasteiger partial charge in [-0.25, -0.2) is 4.79 Å². The highest BCUT2D eigenvalue weighted by atomic mass is 16.5. The number of benzene rings is 3. The van der Waals surface area contributed by atoms with Crippen molar-refractivity contribution < 1.29 is 23.9 Å². The van der Waals surface area contributed by atoms with Gasteiger partial charge < -0.3 is 20.1 Å². The minimum Gasteiger partial charge on any atom is -0.484 e. The number of nitrogens with one attached hydrogen (secondary N) is 2. The molecule has 0 aliphatic rings. The Morgan fingerprint density at radius 2 is 1.50 bits per heavy atom. The van der Waals surface area contributed by atoms with Gasteiger partial charge in [-0.15, -0.1) is 0 Å². The number of aryl methyl sites for hydroxylation is 1. The highest BCUT2D eigenvalue weighted by Crippen LogP contribution is 2.22. The Kier molecular flexibility index (Phi) is 7.23. The van der Waals surface area contributed by atoms with E-state index in [-0.39, 0.29) is 18.1 Å². The zero-order valence-corrected chi connectivity index (χ0v) is 18.1. The lowest BCUT2D eigenvalue weighted by Crippen LogP contribution is -2.22. The van der Waals surface area contributed by atoms with Crippen LogP contribution in [-0.2, 0) is 9.53 Å². The molecule has 7 nitrogen and oxygen atoms in total. The molecule has 0 saturated carbocycles. The first kappa shape index (κ1) is 22.6. The summed E-state index contributed by atoms with van der Waals surface area (Å²) in [6.45, 7) is 3.51. The molecule has 0 fully saturated rings. The molecule has 0 saturated heterocycles. The number of rotatable bonds is 7. The van der Waals surface area contributed by atoms with E-state index in [4.69, 9.17) is 9.47 Å². The molecule has 2 amide bonds. The van der Waals surface area contributed by atoms with Crippen LogP contribution < -0.4 is 15.4 Å². The van der Waals surface area contributed by atoms with Gasteiger partial charge in [0.25, 0.3) is 11.8 Å². The van der Waals surface area contributed by atoms with Gasteiger partial charge in [0.15, 0.2) is 6.61 Å². The molecule has 0 heterocycles. The van der Waals surface area contributed by atoms with E-state index in [0.717, 1.165) is 5.56 Å². The van der Waals surface area contributed by atoms with Gasteiger partial charge >= 0.3 is 5.97 Å². The van der Waals surface area contributed by atoms with E-state index in [1.54, 1.807) is 55.5 Å². The van der Waals surface area contributed by atoms with Crippen LogP contribution in [0.4, 0.5) is 11.4 Å². The van der Waals surface area contributed by atoms with Gasteiger partial charge in [0.1, 0.15) is 5.75 Å². The van der Waals surface area contributed by atoms with Gasteiger partial charge in [-0.1, -0.05) is 30.3 Å². The standard InChI is InChI=1S/C25H24N2O5/c1-16-8-6-9-18(14-16)32-15-23(28)26-21-13-7-11-19(17(21)2)24(29)27-22-12-5-4-10-20(22)25(30)31-3/h4-14H,15H2,1-3H3,(H,26,28)(H,27,29). The highest BCUT2D eigenvalue weighted by Gasteiger charge is 2.17. The minimum absolute atomic E-state index is 0.161. The summed E-state index contributed by atoms with van der Waals surface area (Å²) < 4.78 is 10.3. The Balaban J connectivity index is 1.70. The first-order chi connectivity index (χ1) is 15.4. The Hall–Kier alpha value is -4.13. The smallest absolute Gasteiger partial charge is 0.339 e. The van der Waals surface area contributed by atoms with Crippen LogP contribution in [0.3, 0.4) is 0 Å². The average Bonchev–Trinajstić information content (AvgIpc) is 2.79. The largest absolute Gasteiger partial charge is 0.484 e. The monoisotopic (exact) mass is 432 g/mol. The molecule has 2 N–H and O–H groups in total. The van der Waals surface area contributed by atoms with E-state index in [0.29, 0.717) is 28.3 Å². The van der Waals surface area contributed by atoms with E-state index < -0.39 is 11.9 Å². The summed E-state index contributed by atoms with van der Waals surface area (Å²) in [5, 5.41) is 5.51. The number of hydrogen-bond acceptors (Lipinski definition) is 5. The summed E-state index contributed by atoms with van der Waals surface area (Å²) in [5.74, 6) is -0.698. The number of carbonyl (C=O) groups excluding carboxylic acids is 3. The molecule has 0 radical (unpaired) electrons. The van der Waals surface area contributed by atoms with E-state index in [1.165, 1.54) is 7.11 Å². The lowest BCUT2D eigenvalue weighted by atomic mass is 10.1. The lowest BCUT2D eigenvalue weighted by molar-refractivity contribution is -0.118. The Bertz CT molecular complexity index is 1160. The second-order valence-corrected chi connectivity index (χ2v) is 7.12. The third-order valence-electron chi connectivity index (χ3n) is 4.79. The molecular formula is C25H24N2O5. The quantitative estimate of drug-likeness (QED) is 0.541. The third kappa shape index (κ3) is 5.51. The van der Waals surface area contributed by atoms with Crippen LogP contribution in [0.1, 0.15) is 31.8 Å². The number of carbonyl (C=O) groups is 3. The van der Waals surface area contributed by atoms with Crippen molar-refractivity contribution in [2.75, 3.05) is 24.4 Å². The predicted molar refractivity (Wildman–Crippen MR) is 122 cm³/mol. The molecule has 0 atom stereocenters. The van der Waals surface area contributed by atoms with Crippen LogP contribution in [0.5, 0.6) is 5.75 Å². The molecule has 0 aromatic heterocycles. The summed E-state index contributed by atoms with van der Waals surface area (Å²) in [4.78, 5) is 37.2. The summed E-state index contributed by atoms with van der Waals surface area (Å²) in [5.41, 5.74) is 3.07. The second-order valence-electron chi connectivity index (χ2n) is 7.12. The Labute approximate surface area is 186 Å². The van der Waals surface area contributed by atoms with Crippen molar-refractivity contribution in [2.45, 2.75) is 13.8 Å². The van der Waals surface area contributed by atoms with E-state index >= 15 is 0 Å². The van der Waals surface area contributed by atoms with Crippen LogP contribution in [0.25, 0.3) is 0 Å². The van der Waals surface area contributed by atoms with Crippen molar-refractivity contribution in [3.63, 3.8) is 0 Å². The second kappa shape index (κ2) is 10.3. The molecule has 0 aliphatic heterocycles. The van der Waals surface area contributed by atoms with Crippen molar-refractivity contribution in [2.24, 2.45) is 0 Å². The molecule has 7 heteroatoms. The lowest BCUT2D eigenvalue weighted by Gasteiger charge is -2.14. The van der Waals surface area contributed by atoms with E-state index in [9.17, 15) is 14.4 Å². The SMILES string of the molecule is COC(=O)c1ccccc1NC(=O)c1cccc(NC(=O)COc2cccc(C)c2)c1C. The predicted octanol–water partition coefficient (Wildman–Crippen LogP) is 4.36. The van der Waals surface area contributed by atoms with E-state index in [2.05, 4.69) is 10.6 Å². The van der Waals surface area contributed by atoms with Gasteiger partial charge in [-0.3, -0.25) is 9.59 Å². The molecule has 0 bridgehead atoms. The van der Waals surface area contributed by atoms with Crippen molar-refractivity contribution >= 4 is 29.2 Å². The fourth-order valence-electron chi connectivity index (χ4n) is 3.13. The van der Waals surface area contributed by atoms with E-state index in [1.807, 2.05) is 25.1 Å². The maximum absolute atomic E-state index is 12.9. The van der Waals surface area contributed by atoms with Crippen LogP contribution in [0.15, 0.2) is 66.7 Å². The number of hydrogen-bond donors (Lipinski definition) is 2. The number of anilines is 2. The number of methoxy groups -OCH3 is 1. The number of para-hydroxylation sites is 1. The first-order valence-electron chi connectivity index (χ1n) is 9.96. The summed E-state index contributed by atoms with van der Waals surface area (Å²) in [7, 11) is 1.28. The first-order valence-corrected chi connectivity index (χ1v) is 9.96. The van der Waals surface area contributed by atoms with Crippen molar-refractivity contribution in [1.29, 1.82) is 0 Å². The summed E-state index contributed by atoms with van der Waals surface area (Å²) in [6.07, 6.45) is 0. The van der Waals surface area contributed by atoms with Gasteiger partial charge in [0.05, 0.1) is 18.4 Å². The maximum Gasteiger partial charge on any atom is 0.339 e. The van der Waals surface area contributed by atoms with Crippen molar-refractivity contribution in [1.82, 2.24) is 0 Å². The van der Waals surface area contributed by atoms with Crippen LogP contribution in [0.2, 0.25) is 0 Å². The third-order valence-corrected chi connectivity index (χ3v) is 4.79.